The van der Waals surface area contributed by atoms with Crippen molar-refractivity contribution in [3.63, 3.8) is 0 Å². The molecule has 0 atom stereocenters. The molecule has 0 aliphatic heterocycles. The van der Waals surface area contributed by atoms with Crippen molar-refractivity contribution in [3.8, 4) is 0 Å². The fraction of sp³-hybridized carbons (Fsp3) is 0.222. The first kappa shape index (κ1) is 18.7. The predicted octanol–water partition coefficient (Wildman–Crippen LogP) is 2.53. The minimum Gasteiger partial charge on any atom is -0.408 e. The Morgan fingerprint density at radius 1 is 1.07 bits per heavy atom. The van der Waals surface area contributed by atoms with Gasteiger partial charge in [-0.1, -0.05) is 13.8 Å². The Morgan fingerprint density at radius 3 is 2.33 bits per heavy atom. The number of rotatable bonds is 5. The van der Waals surface area contributed by atoms with E-state index in [1.807, 2.05) is 0 Å². The molecular weight excluding hydrogens is 370 g/mol. The van der Waals surface area contributed by atoms with Crippen LogP contribution in [0.2, 0.25) is 0 Å². The summed E-state index contributed by atoms with van der Waals surface area (Å²) in [6.45, 7) is 3.56. The average molecular weight is 389 g/mol. The molecule has 0 saturated carbocycles. The van der Waals surface area contributed by atoms with Gasteiger partial charge in [-0.3, -0.25) is 14.1 Å². The van der Waals surface area contributed by atoms with Crippen molar-refractivity contribution in [2.75, 3.05) is 10.0 Å². The SMILES string of the molecule is CC(C)C(=O)Nc1ccc(NS(=O)(=O)c2ccc3c(c2)oc(=O)n3C)cc1. The van der Waals surface area contributed by atoms with Gasteiger partial charge in [-0.05, 0) is 36.4 Å². The number of hydrogen-bond donors (Lipinski definition) is 2. The minimum atomic E-state index is -3.87. The van der Waals surface area contributed by atoms with Gasteiger partial charge in [0.15, 0.2) is 5.58 Å². The Kier molecular flexibility index (Phi) is 4.79. The van der Waals surface area contributed by atoms with Gasteiger partial charge in [-0.2, -0.15) is 0 Å². The Morgan fingerprint density at radius 2 is 1.70 bits per heavy atom. The molecule has 0 bridgehead atoms. The van der Waals surface area contributed by atoms with Gasteiger partial charge in [-0.15, -0.1) is 0 Å². The number of oxazole rings is 1. The number of benzene rings is 2. The Balaban J connectivity index is 1.82. The Bertz CT molecular complexity index is 1160. The minimum absolute atomic E-state index is 0.0264. The van der Waals surface area contributed by atoms with Gasteiger partial charge < -0.3 is 9.73 Å². The number of amides is 1. The lowest BCUT2D eigenvalue weighted by atomic mass is 10.2. The third-order valence-electron chi connectivity index (χ3n) is 4.00. The second-order valence-corrected chi connectivity index (χ2v) is 8.07. The zero-order chi connectivity index (χ0) is 19.8. The molecule has 142 valence electrons. The van der Waals surface area contributed by atoms with Gasteiger partial charge in [0.05, 0.1) is 10.4 Å². The van der Waals surface area contributed by atoms with E-state index in [4.69, 9.17) is 4.42 Å². The average Bonchev–Trinajstić information content (AvgIpc) is 2.90. The quantitative estimate of drug-likeness (QED) is 0.697. The van der Waals surface area contributed by atoms with E-state index in [1.54, 1.807) is 45.2 Å². The molecule has 0 aliphatic rings. The first-order valence-corrected chi connectivity index (χ1v) is 9.69. The molecule has 0 spiro atoms. The molecule has 2 N–H and O–H groups in total. The third-order valence-corrected chi connectivity index (χ3v) is 5.38. The molecule has 0 aliphatic carbocycles. The molecule has 9 heteroatoms. The molecule has 2 aromatic carbocycles. The maximum Gasteiger partial charge on any atom is 0.419 e. The van der Waals surface area contributed by atoms with Crippen LogP contribution < -0.4 is 15.8 Å². The number of nitrogens with one attached hydrogen (secondary N) is 2. The summed E-state index contributed by atoms with van der Waals surface area (Å²) in [6.07, 6.45) is 0. The maximum atomic E-state index is 12.6. The largest absolute Gasteiger partial charge is 0.419 e. The maximum absolute atomic E-state index is 12.6. The summed E-state index contributed by atoms with van der Waals surface area (Å²) in [6, 6.07) is 10.5. The van der Waals surface area contributed by atoms with Gasteiger partial charge in [-0.25, -0.2) is 13.2 Å². The molecule has 3 aromatic rings. The molecule has 27 heavy (non-hydrogen) atoms. The summed E-state index contributed by atoms with van der Waals surface area (Å²) in [5, 5.41) is 2.73. The van der Waals surface area contributed by atoms with E-state index in [2.05, 4.69) is 10.0 Å². The predicted molar refractivity (Wildman–Crippen MR) is 102 cm³/mol. The zero-order valence-electron chi connectivity index (χ0n) is 15.0. The second-order valence-electron chi connectivity index (χ2n) is 6.38. The van der Waals surface area contributed by atoms with Crippen LogP contribution in [0, 0.1) is 5.92 Å². The third kappa shape index (κ3) is 3.87. The van der Waals surface area contributed by atoms with Crippen LogP contribution >= 0.6 is 0 Å². The van der Waals surface area contributed by atoms with Crippen LogP contribution in [0.4, 0.5) is 11.4 Å². The summed E-state index contributed by atoms with van der Waals surface area (Å²) < 4.78 is 33.9. The van der Waals surface area contributed by atoms with Crippen LogP contribution in [0.1, 0.15) is 13.8 Å². The summed E-state index contributed by atoms with van der Waals surface area (Å²) >= 11 is 0. The van der Waals surface area contributed by atoms with Gasteiger partial charge in [0.1, 0.15) is 0 Å². The number of fused-ring (bicyclic) bond motifs is 1. The van der Waals surface area contributed by atoms with E-state index in [9.17, 15) is 18.0 Å². The number of sulfonamides is 1. The van der Waals surface area contributed by atoms with Crippen LogP contribution in [0.3, 0.4) is 0 Å². The van der Waals surface area contributed by atoms with E-state index >= 15 is 0 Å². The highest BCUT2D eigenvalue weighted by molar-refractivity contribution is 7.92. The number of carbonyl (C=O) groups is 1. The monoisotopic (exact) mass is 389 g/mol. The number of nitrogens with zero attached hydrogens (tertiary/aromatic N) is 1. The van der Waals surface area contributed by atoms with E-state index in [1.165, 1.54) is 22.8 Å². The lowest BCUT2D eigenvalue weighted by Gasteiger charge is -2.10. The highest BCUT2D eigenvalue weighted by Gasteiger charge is 2.17. The lowest BCUT2D eigenvalue weighted by Crippen LogP contribution is -2.17. The molecule has 0 unspecified atom stereocenters. The van der Waals surface area contributed by atoms with Crippen LogP contribution in [-0.2, 0) is 21.9 Å². The van der Waals surface area contributed by atoms with Crippen molar-refractivity contribution in [3.05, 3.63) is 53.0 Å². The molecule has 3 rings (SSSR count). The molecule has 1 aromatic heterocycles. The summed E-state index contributed by atoms with van der Waals surface area (Å²) in [5.41, 5.74) is 1.61. The van der Waals surface area contributed by atoms with Gasteiger partial charge in [0.25, 0.3) is 10.0 Å². The van der Waals surface area contributed by atoms with E-state index in [0.29, 0.717) is 16.9 Å². The van der Waals surface area contributed by atoms with Crippen molar-refractivity contribution >= 4 is 38.4 Å². The van der Waals surface area contributed by atoms with Gasteiger partial charge >= 0.3 is 5.76 Å². The molecule has 0 fully saturated rings. The van der Waals surface area contributed by atoms with Crippen molar-refractivity contribution in [1.29, 1.82) is 0 Å². The number of anilines is 2. The van der Waals surface area contributed by atoms with E-state index < -0.39 is 15.8 Å². The number of aromatic nitrogens is 1. The molecule has 1 heterocycles. The van der Waals surface area contributed by atoms with E-state index in [0.717, 1.165) is 0 Å². The number of aryl methyl sites for hydroxylation is 1. The van der Waals surface area contributed by atoms with Crippen molar-refractivity contribution in [2.24, 2.45) is 13.0 Å². The Labute approximate surface area is 155 Å². The smallest absolute Gasteiger partial charge is 0.408 e. The molecule has 0 radical (unpaired) electrons. The van der Waals surface area contributed by atoms with E-state index in [-0.39, 0.29) is 22.3 Å². The first-order chi connectivity index (χ1) is 12.7. The van der Waals surface area contributed by atoms with Crippen LogP contribution in [0.15, 0.2) is 56.6 Å². The molecule has 0 saturated heterocycles. The lowest BCUT2D eigenvalue weighted by molar-refractivity contribution is -0.118. The van der Waals surface area contributed by atoms with Crippen molar-refractivity contribution in [2.45, 2.75) is 18.7 Å². The number of hydrogen-bond acceptors (Lipinski definition) is 5. The van der Waals surface area contributed by atoms with Crippen LogP contribution in [0.25, 0.3) is 11.1 Å². The van der Waals surface area contributed by atoms with Crippen molar-refractivity contribution < 1.29 is 17.6 Å². The summed E-state index contributed by atoms with van der Waals surface area (Å²) in [4.78, 5) is 23.2. The fourth-order valence-electron chi connectivity index (χ4n) is 2.40. The molecular formula is C18H19N3O5S. The zero-order valence-corrected chi connectivity index (χ0v) is 15.8. The summed E-state index contributed by atoms with van der Waals surface area (Å²) in [7, 11) is -2.32. The summed E-state index contributed by atoms with van der Waals surface area (Å²) in [5.74, 6) is -0.844. The van der Waals surface area contributed by atoms with Crippen LogP contribution in [0.5, 0.6) is 0 Å². The van der Waals surface area contributed by atoms with Crippen LogP contribution in [-0.4, -0.2) is 18.9 Å². The Hall–Kier alpha value is -3.07. The first-order valence-electron chi connectivity index (χ1n) is 8.21. The second kappa shape index (κ2) is 6.92. The van der Waals surface area contributed by atoms with Gasteiger partial charge in [0, 0.05) is 30.4 Å². The highest BCUT2D eigenvalue weighted by atomic mass is 32.2. The fourth-order valence-corrected chi connectivity index (χ4v) is 3.48. The standard InChI is InChI=1S/C18H19N3O5S/c1-11(2)17(22)19-12-4-6-13(7-5-12)20-27(24,25)14-8-9-15-16(10-14)26-18(23)21(15)3/h4-11,20H,1-3H3,(H,19,22). The number of carbonyl (C=O) groups excluding carboxylic acids is 1. The molecule has 1 amide bonds. The van der Waals surface area contributed by atoms with Gasteiger partial charge in [0.2, 0.25) is 5.91 Å². The van der Waals surface area contributed by atoms with Crippen molar-refractivity contribution in [1.82, 2.24) is 4.57 Å². The topological polar surface area (TPSA) is 110 Å². The molecule has 8 nitrogen and oxygen atoms in total. The highest BCUT2D eigenvalue weighted by Crippen LogP contribution is 2.22. The normalized spacial score (nSPS) is 11.7.